The van der Waals surface area contributed by atoms with Crippen molar-refractivity contribution in [2.24, 2.45) is 0 Å². The molecule has 0 spiro atoms. The molecule has 3 heteroatoms. The molecule has 26 heavy (non-hydrogen) atoms. The van der Waals surface area contributed by atoms with Crippen LogP contribution in [-0.4, -0.2) is 29.6 Å². The third kappa shape index (κ3) is 3.08. The van der Waals surface area contributed by atoms with Crippen LogP contribution in [0.5, 0.6) is 0 Å². The zero-order valence-corrected chi connectivity index (χ0v) is 15.7. The standard InChI is InChI=1S/C23H25FN2/c1-16-7-8-22-21(13-16)20-9-11-25(3)12-10-23(20)26(22)15-17(2)18-5-4-6-19(24)14-18/h4-8,13-15H,9-12H2,1-3H3/b17-15-. The second-order valence-corrected chi connectivity index (χ2v) is 7.44. The molecule has 2 nitrogen and oxygen atoms in total. The van der Waals surface area contributed by atoms with Crippen molar-refractivity contribution in [1.82, 2.24) is 9.47 Å². The topological polar surface area (TPSA) is 8.17 Å². The molecule has 0 radical (unpaired) electrons. The maximum Gasteiger partial charge on any atom is 0.123 e. The molecule has 0 amide bonds. The lowest BCUT2D eigenvalue weighted by atomic mass is 10.1. The fraction of sp³-hybridized carbons (Fsp3) is 0.304. The first-order valence-corrected chi connectivity index (χ1v) is 9.28. The summed E-state index contributed by atoms with van der Waals surface area (Å²) in [7, 11) is 2.19. The second-order valence-electron chi connectivity index (χ2n) is 7.44. The van der Waals surface area contributed by atoms with Crippen LogP contribution in [0.3, 0.4) is 0 Å². The molecule has 0 atom stereocenters. The molecule has 1 aliphatic rings. The molecule has 0 saturated heterocycles. The van der Waals surface area contributed by atoms with E-state index in [0.29, 0.717) is 0 Å². The molecular formula is C23H25FN2. The first-order valence-electron chi connectivity index (χ1n) is 9.28. The Kier molecular flexibility index (Phi) is 4.41. The van der Waals surface area contributed by atoms with Gasteiger partial charge in [-0.15, -0.1) is 0 Å². The van der Waals surface area contributed by atoms with E-state index in [1.807, 2.05) is 6.07 Å². The monoisotopic (exact) mass is 348 g/mol. The third-order valence-corrected chi connectivity index (χ3v) is 5.45. The van der Waals surface area contributed by atoms with Crippen molar-refractivity contribution in [3.05, 3.63) is 70.7 Å². The molecule has 1 aromatic heterocycles. The quantitative estimate of drug-likeness (QED) is 0.623. The molecule has 2 aromatic carbocycles. The minimum absolute atomic E-state index is 0.191. The second kappa shape index (κ2) is 6.73. The van der Waals surface area contributed by atoms with Crippen LogP contribution < -0.4 is 0 Å². The molecular weight excluding hydrogens is 323 g/mol. The van der Waals surface area contributed by atoms with Gasteiger partial charge in [-0.1, -0.05) is 23.8 Å². The van der Waals surface area contributed by atoms with Crippen LogP contribution in [0.4, 0.5) is 4.39 Å². The SMILES string of the molecule is C/C(=C/n1c2c(c3cc(C)ccc31)CCN(C)CC2)c1cccc(F)c1. The zero-order chi connectivity index (χ0) is 18.3. The number of allylic oxidation sites excluding steroid dienone is 1. The first kappa shape index (κ1) is 17.0. The largest absolute Gasteiger partial charge is 0.320 e. The molecule has 0 N–H and O–H groups in total. The Morgan fingerprint density at radius 1 is 1.08 bits per heavy atom. The van der Waals surface area contributed by atoms with Crippen molar-refractivity contribution >= 4 is 22.7 Å². The summed E-state index contributed by atoms with van der Waals surface area (Å²) in [6, 6.07) is 13.5. The molecule has 0 bridgehead atoms. The van der Waals surface area contributed by atoms with Gasteiger partial charge in [0.2, 0.25) is 0 Å². The van der Waals surface area contributed by atoms with Crippen molar-refractivity contribution in [2.45, 2.75) is 26.7 Å². The van der Waals surface area contributed by atoms with Crippen molar-refractivity contribution in [3.63, 3.8) is 0 Å². The highest BCUT2D eigenvalue weighted by atomic mass is 19.1. The molecule has 0 fully saturated rings. The molecule has 2 heterocycles. The number of nitrogens with zero attached hydrogens (tertiary/aromatic N) is 2. The number of benzene rings is 2. The van der Waals surface area contributed by atoms with Crippen LogP contribution in [-0.2, 0) is 12.8 Å². The molecule has 4 rings (SSSR count). The van der Waals surface area contributed by atoms with Crippen molar-refractivity contribution in [3.8, 4) is 0 Å². The summed E-state index contributed by atoms with van der Waals surface area (Å²) < 4.78 is 16.0. The van der Waals surface area contributed by atoms with E-state index in [2.05, 4.69) is 54.8 Å². The van der Waals surface area contributed by atoms with Gasteiger partial charge in [0.25, 0.3) is 0 Å². The van der Waals surface area contributed by atoms with Gasteiger partial charge in [-0.3, -0.25) is 0 Å². The van der Waals surface area contributed by atoms with Crippen molar-refractivity contribution in [2.75, 3.05) is 20.1 Å². The molecule has 1 aliphatic heterocycles. The Labute approximate surface area is 154 Å². The Morgan fingerprint density at radius 3 is 2.69 bits per heavy atom. The summed E-state index contributed by atoms with van der Waals surface area (Å²) in [4.78, 5) is 2.40. The Bertz CT molecular complexity index is 997. The predicted octanol–water partition coefficient (Wildman–Crippen LogP) is 5.14. The molecule has 0 aliphatic carbocycles. The highest BCUT2D eigenvalue weighted by molar-refractivity contribution is 5.90. The molecule has 134 valence electrons. The van der Waals surface area contributed by atoms with E-state index in [0.717, 1.165) is 37.1 Å². The van der Waals surface area contributed by atoms with Crippen LogP contribution in [0.1, 0.15) is 29.3 Å². The fourth-order valence-electron chi connectivity index (χ4n) is 3.96. The third-order valence-electron chi connectivity index (χ3n) is 5.45. The molecule has 3 aromatic rings. The zero-order valence-electron chi connectivity index (χ0n) is 15.7. The Balaban J connectivity index is 1.90. The average Bonchev–Trinajstić information content (AvgIpc) is 2.75. The van der Waals surface area contributed by atoms with Gasteiger partial charge in [0.05, 0.1) is 5.52 Å². The lowest BCUT2D eigenvalue weighted by Crippen LogP contribution is -2.21. The van der Waals surface area contributed by atoms with Gasteiger partial charge in [-0.25, -0.2) is 4.39 Å². The number of rotatable bonds is 2. The van der Waals surface area contributed by atoms with E-state index in [1.165, 1.54) is 33.8 Å². The van der Waals surface area contributed by atoms with Gasteiger partial charge >= 0.3 is 0 Å². The number of aryl methyl sites for hydroxylation is 1. The van der Waals surface area contributed by atoms with Gasteiger partial charge in [-0.2, -0.15) is 0 Å². The maximum absolute atomic E-state index is 13.6. The van der Waals surface area contributed by atoms with Crippen LogP contribution in [0, 0.1) is 12.7 Å². The summed E-state index contributed by atoms with van der Waals surface area (Å²) >= 11 is 0. The first-order chi connectivity index (χ1) is 12.5. The number of halogens is 1. The van der Waals surface area contributed by atoms with E-state index in [4.69, 9.17) is 0 Å². The van der Waals surface area contributed by atoms with Gasteiger partial charge in [-0.05, 0) is 68.3 Å². The minimum atomic E-state index is -0.191. The van der Waals surface area contributed by atoms with Crippen molar-refractivity contribution in [1.29, 1.82) is 0 Å². The summed E-state index contributed by atoms with van der Waals surface area (Å²) in [5.41, 5.74) is 7.41. The van der Waals surface area contributed by atoms with Crippen LogP contribution >= 0.6 is 0 Å². The Morgan fingerprint density at radius 2 is 1.88 bits per heavy atom. The van der Waals surface area contributed by atoms with Crippen LogP contribution in [0.2, 0.25) is 0 Å². The van der Waals surface area contributed by atoms with E-state index < -0.39 is 0 Å². The lowest BCUT2D eigenvalue weighted by Gasteiger charge is -2.13. The highest BCUT2D eigenvalue weighted by Gasteiger charge is 2.20. The smallest absolute Gasteiger partial charge is 0.123 e. The normalized spacial score (nSPS) is 15.9. The van der Waals surface area contributed by atoms with E-state index in [1.54, 1.807) is 12.1 Å². The predicted molar refractivity (Wildman–Crippen MR) is 108 cm³/mol. The summed E-state index contributed by atoms with van der Waals surface area (Å²) in [5.74, 6) is -0.191. The maximum atomic E-state index is 13.6. The van der Waals surface area contributed by atoms with Crippen molar-refractivity contribution < 1.29 is 4.39 Å². The minimum Gasteiger partial charge on any atom is -0.320 e. The van der Waals surface area contributed by atoms with Gasteiger partial charge in [0.1, 0.15) is 5.82 Å². The van der Waals surface area contributed by atoms with Gasteiger partial charge in [0.15, 0.2) is 0 Å². The highest BCUT2D eigenvalue weighted by Crippen LogP contribution is 2.31. The Hall–Kier alpha value is -2.39. The molecule has 0 saturated carbocycles. The van der Waals surface area contributed by atoms with E-state index in [9.17, 15) is 4.39 Å². The number of aromatic nitrogens is 1. The van der Waals surface area contributed by atoms with Crippen LogP contribution in [0.25, 0.3) is 22.7 Å². The number of hydrogen-bond donors (Lipinski definition) is 0. The van der Waals surface area contributed by atoms with Crippen LogP contribution in [0.15, 0.2) is 42.5 Å². The molecule has 0 unspecified atom stereocenters. The summed E-state index contributed by atoms with van der Waals surface area (Å²) in [6.45, 7) is 6.37. The number of fused-ring (bicyclic) bond motifs is 3. The van der Waals surface area contributed by atoms with E-state index in [-0.39, 0.29) is 5.82 Å². The van der Waals surface area contributed by atoms with Gasteiger partial charge < -0.3 is 9.47 Å². The fourth-order valence-corrected chi connectivity index (χ4v) is 3.96. The van der Waals surface area contributed by atoms with E-state index >= 15 is 0 Å². The number of hydrogen-bond acceptors (Lipinski definition) is 1. The average molecular weight is 348 g/mol. The summed E-state index contributed by atoms with van der Waals surface area (Å²) in [6.07, 6.45) is 4.29. The number of likely N-dealkylation sites (N-methyl/N-ethyl adjacent to an activating group) is 1. The lowest BCUT2D eigenvalue weighted by molar-refractivity contribution is 0.351. The van der Waals surface area contributed by atoms with Gasteiger partial charge in [0, 0.05) is 36.8 Å². The summed E-state index contributed by atoms with van der Waals surface area (Å²) in [5, 5.41) is 1.36.